The Balaban J connectivity index is 1.97. The second-order valence-electron chi connectivity index (χ2n) is 8.00. The largest absolute Gasteiger partial charge is 0.481 e. The van der Waals surface area contributed by atoms with Gasteiger partial charge in [-0.3, -0.25) is 4.79 Å². The number of carboxylic acids is 1. The molecule has 1 atom stereocenters. The van der Waals surface area contributed by atoms with Crippen molar-refractivity contribution in [2.75, 3.05) is 30.0 Å². The predicted octanol–water partition coefficient (Wildman–Crippen LogP) is 4.76. The highest BCUT2D eigenvalue weighted by atomic mass is 16.5. The molecule has 1 aliphatic rings. The number of hydrogen-bond acceptors (Lipinski definition) is 6. The van der Waals surface area contributed by atoms with E-state index >= 15 is 0 Å². The number of benzene rings is 1. The number of nitrogens with one attached hydrogen (secondary N) is 1. The Kier molecular flexibility index (Phi) is 8.23. The zero-order valence-corrected chi connectivity index (χ0v) is 18.8. The Morgan fingerprint density at radius 1 is 1.23 bits per heavy atom. The fourth-order valence-corrected chi connectivity index (χ4v) is 4.21. The Morgan fingerprint density at radius 3 is 2.52 bits per heavy atom. The van der Waals surface area contributed by atoms with Crippen molar-refractivity contribution >= 4 is 23.3 Å². The van der Waals surface area contributed by atoms with Crippen LogP contribution in [0.5, 0.6) is 0 Å². The predicted molar refractivity (Wildman–Crippen MR) is 123 cm³/mol. The summed E-state index contributed by atoms with van der Waals surface area (Å²) < 4.78 is 5.56. The number of nitrogens with zero attached hydrogens (tertiary/aromatic N) is 3. The van der Waals surface area contributed by atoms with Gasteiger partial charge in [0.2, 0.25) is 5.95 Å². The summed E-state index contributed by atoms with van der Waals surface area (Å²) in [5.41, 5.74) is 4.11. The van der Waals surface area contributed by atoms with Crippen LogP contribution in [0, 0.1) is 0 Å². The molecule has 2 heterocycles. The van der Waals surface area contributed by atoms with Crippen molar-refractivity contribution in [3.8, 4) is 0 Å². The maximum atomic E-state index is 11.4. The summed E-state index contributed by atoms with van der Waals surface area (Å²) in [5, 5.41) is 12.7. The van der Waals surface area contributed by atoms with Gasteiger partial charge in [-0.2, -0.15) is 0 Å². The molecule has 3 rings (SSSR count). The number of carboxylic acid groups (broad SMARTS) is 1. The lowest BCUT2D eigenvalue weighted by Gasteiger charge is -2.36. The maximum absolute atomic E-state index is 11.4. The van der Waals surface area contributed by atoms with Crippen LogP contribution in [-0.4, -0.2) is 46.8 Å². The van der Waals surface area contributed by atoms with Gasteiger partial charge in [-0.05, 0) is 61.8 Å². The van der Waals surface area contributed by atoms with E-state index in [1.165, 1.54) is 0 Å². The van der Waals surface area contributed by atoms with E-state index in [0.717, 1.165) is 67.9 Å². The maximum Gasteiger partial charge on any atom is 0.303 e. The van der Waals surface area contributed by atoms with Crippen molar-refractivity contribution < 1.29 is 14.6 Å². The lowest BCUT2D eigenvalue weighted by Crippen LogP contribution is -2.39. The van der Waals surface area contributed by atoms with Crippen molar-refractivity contribution in [2.45, 2.75) is 64.8 Å². The molecule has 7 nitrogen and oxygen atoms in total. The van der Waals surface area contributed by atoms with Crippen LogP contribution in [0.3, 0.4) is 0 Å². The Labute approximate surface area is 184 Å². The van der Waals surface area contributed by atoms with E-state index in [-0.39, 0.29) is 12.3 Å². The van der Waals surface area contributed by atoms with Gasteiger partial charge < -0.3 is 20.1 Å². The summed E-state index contributed by atoms with van der Waals surface area (Å²) >= 11 is 0. The zero-order chi connectivity index (χ0) is 22.2. The van der Waals surface area contributed by atoms with E-state index in [4.69, 9.17) is 4.74 Å². The van der Waals surface area contributed by atoms with Crippen molar-refractivity contribution in [1.29, 1.82) is 0 Å². The molecular weight excluding hydrogens is 392 g/mol. The minimum Gasteiger partial charge on any atom is -0.481 e. The fourth-order valence-electron chi connectivity index (χ4n) is 4.21. The molecule has 1 fully saturated rings. The second-order valence-corrected chi connectivity index (χ2v) is 8.00. The molecule has 0 radical (unpaired) electrons. The average Bonchev–Trinajstić information content (AvgIpc) is 2.80. The third kappa shape index (κ3) is 5.94. The van der Waals surface area contributed by atoms with Crippen LogP contribution in [0.15, 0.2) is 30.6 Å². The van der Waals surface area contributed by atoms with Crippen molar-refractivity contribution in [1.82, 2.24) is 9.97 Å². The molecule has 0 saturated carbocycles. The van der Waals surface area contributed by atoms with Gasteiger partial charge in [0, 0.05) is 38.2 Å². The Morgan fingerprint density at radius 2 is 1.94 bits per heavy atom. The van der Waals surface area contributed by atoms with Gasteiger partial charge in [0.05, 0.1) is 17.8 Å². The summed E-state index contributed by atoms with van der Waals surface area (Å²) in [6.45, 7) is 8.70. The van der Waals surface area contributed by atoms with E-state index in [1.54, 1.807) is 0 Å². The van der Waals surface area contributed by atoms with Crippen LogP contribution in [0.25, 0.3) is 0 Å². The molecule has 1 unspecified atom stereocenters. The van der Waals surface area contributed by atoms with Crippen LogP contribution >= 0.6 is 0 Å². The number of rotatable bonds is 10. The third-order valence-electron chi connectivity index (χ3n) is 6.05. The molecule has 1 aromatic carbocycles. The molecule has 31 heavy (non-hydrogen) atoms. The van der Waals surface area contributed by atoms with Gasteiger partial charge in [0.1, 0.15) is 0 Å². The highest BCUT2D eigenvalue weighted by molar-refractivity contribution is 5.75. The summed E-state index contributed by atoms with van der Waals surface area (Å²) in [6.07, 6.45) is 7.45. The molecule has 2 aromatic rings. The summed E-state index contributed by atoms with van der Waals surface area (Å²) in [4.78, 5) is 22.7. The molecule has 7 heteroatoms. The summed E-state index contributed by atoms with van der Waals surface area (Å²) in [7, 11) is 0. The minimum atomic E-state index is -0.777. The minimum absolute atomic E-state index is 0.0337. The number of aryl methyl sites for hydroxylation is 1. The highest BCUT2D eigenvalue weighted by Gasteiger charge is 2.24. The van der Waals surface area contributed by atoms with Gasteiger partial charge in [0.15, 0.2) is 0 Å². The molecule has 2 N–H and O–H groups in total. The summed E-state index contributed by atoms with van der Waals surface area (Å²) in [5.74, 6) is -0.264. The molecule has 0 amide bonds. The molecule has 0 spiro atoms. The highest BCUT2D eigenvalue weighted by Crippen LogP contribution is 2.35. The number of aromatic nitrogens is 2. The van der Waals surface area contributed by atoms with Crippen LogP contribution in [0.4, 0.5) is 17.3 Å². The first-order chi connectivity index (χ1) is 15.0. The lowest BCUT2D eigenvalue weighted by atomic mass is 9.92. The third-order valence-corrected chi connectivity index (χ3v) is 6.05. The van der Waals surface area contributed by atoms with Gasteiger partial charge >= 0.3 is 5.97 Å². The normalized spacial score (nSPS) is 15.5. The molecule has 0 aliphatic carbocycles. The Hall–Kier alpha value is -2.67. The van der Waals surface area contributed by atoms with E-state index in [9.17, 15) is 9.90 Å². The average molecular weight is 427 g/mol. The smallest absolute Gasteiger partial charge is 0.303 e. The zero-order valence-electron chi connectivity index (χ0n) is 18.8. The first kappa shape index (κ1) is 23.0. The van der Waals surface area contributed by atoms with Gasteiger partial charge in [0.25, 0.3) is 0 Å². The summed E-state index contributed by atoms with van der Waals surface area (Å²) in [6, 6.07) is 6.67. The van der Waals surface area contributed by atoms with Crippen LogP contribution in [0.1, 0.15) is 63.5 Å². The molecule has 168 valence electrons. The molecule has 1 aromatic heterocycles. The van der Waals surface area contributed by atoms with E-state index in [0.29, 0.717) is 12.0 Å². The number of anilines is 3. The molecule has 1 saturated heterocycles. The van der Waals surface area contributed by atoms with Crippen molar-refractivity contribution in [2.24, 2.45) is 0 Å². The number of ether oxygens (including phenoxy) is 1. The van der Waals surface area contributed by atoms with Crippen molar-refractivity contribution in [3.05, 3.63) is 41.7 Å². The van der Waals surface area contributed by atoms with E-state index in [2.05, 4.69) is 52.2 Å². The fraction of sp³-hybridized carbons (Fsp3) is 0.542. The van der Waals surface area contributed by atoms with Crippen molar-refractivity contribution in [3.63, 3.8) is 0 Å². The molecule has 0 bridgehead atoms. The number of aliphatic carboxylic acids is 1. The van der Waals surface area contributed by atoms with Gasteiger partial charge in [-0.25, -0.2) is 9.97 Å². The standard InChI is InChI=1S/C24H34N4O3/c1-4-17-15-25-24(26-16-17)27-21-13-19(18(5-2)14-23(29)30)7-8-22(21)28(6-3)20-9-11-31-12-10-20/h7-8,13,15-16,18,20H,4-6,9-12,14H2,1-3H3,(H,29,30)(H,25,26,27). The first-order valence-electron chi connectivity index (χ1n) is 11.3. The molecule has 1 aliphatic heterocycles. The number of hydrogen-bond donors (Lipinski definition) is 2. The second kappa shape index (κ2) is 11.1. The van der Waals surface area contributed by atoms with E-state index < -0.39 is 5.97 Å². The SMILES string of the molecule is CCc1cnc(Nc2cc(C(CC)CC(=O)O)ccc2N(CC)C2CCOCC2)nc1. The van der Waals surface area contributed by atoms with Crippen LogP contribution in [-0.2, 0) is 16.0 Å². The molecular formula is C24H34N4O3. The lowest BCUT2D eigenvalue weighted by molar-refractivity contribution is -0.137. The van der Waals surface area contributed by atoms with E-state index in [1.807, 2.05) is 19.3 Å². The van der Waals surface area contributed by atoms with Gasteiger partial charge in [-0.15, -0.1) is 0 Å². The van der Waals surface area contributed by atoms with Crippen LogP contribution in [0.2, 0.25) is 0 Å². The number of carbonyl (C=O) groups is 1. The van der Waals surface area contributed by atoms with Crippen LogP contribution < -0.4 is 10.2 Å². The topological polar surface area (TPSA) is 87.6 Å². The Bertz CT molecular complexity index is 850. The quantitative estimate of drug-likeness (QED) is 0.566. The first-order valence-corrected chi connectivity index (χ1v) is 11.3. The monoisotopic (exact) mass is 426 g/mol. The van der Waals surface area contributed by atoms with Gasteiger partial charge in [-0.1, -0.05) is 19.9 Å².